The first-order valence-electron chi connectivity index (χ1n) is 10.2. The van der Waals surface area contributed by atoms with E-state index in [4.69, 9.17) is 4.74 Å². The van der Waals surface area contributed by atoms with Gasteiger partial charge in [0.25, 0.3) is 0 Å². The van der Waals surface area contributed by atoms with Crippen LogP contribution in [0.1, 0.15) is 18.9 Å². The molecule has 0 radical (unpaired) electrons. The van der Waals surface area contributed by atoms with Gasteiger partial charge in [-0.25, -0.2) is 4.79 Å². The highest BCUT2D eigenvalue weighted by Gasteiger charge is 2.38. The fourth-order valence-corrected chi connectivity index (χ4v) is 3.80. The summed E-state index contributed by atoms with van der Waals surface area (Å²) in [4.78, 5) is 27.6. The number of hydrogen-bond donors (Lipinski definition) is 3. The van der Waals surface area contributed by atoms with Crippen molar-refractivity contribution in [1.29, 1.82) is 0 Å². The molecule has 2 aliphatic rings. The van der Waals surface area contributed by atoms with Gasteiger partial charge in [0.1, 0.15) is 6.10 Å². The Hall–Kier alpha value is -2.37. The Morgan fingerprint density at radius 3 is 2.71 bits per heavy atom. The molecule has 0 aliphatic carbocycles. The van der Waals surface area contributed by atoms with Crippen LogP contribution < -0.4 is 10.6 Å². The van der Waals surface area contributed by atoms with Gasteiger partial charge in [-0.1, -0.05) is 6.07 Å². The number of nitrogens with zero attached hydrogens (tertiary/aromatic N) is 2. The van der Waals surface area contributed by atoms with Crippen LogP contribution in [-0.2, 0) is 15.7 Å². The first kappa shape index (κ1) is 23.3. The van der Waals surface area contributed by atoms with Crippen LogP contribution in [0, 0.1) is 0 Å². The largest absolute Gasteiger partial charge is 0.416 e. The molecule has 2 saturated heterocycles. The quantitative estimate of drug-likeness (QED) is 0.655. The van der Waals surface area contributed by atoms with E-state index < -0.39 is 36.0 Å². The summed E-state index contributed by atoms with van der Waals surface area (Å²) in [5.41, 5.74) is -0.868. The molecule has 0 spiro atoms. The van der Waals surface area contributed by atoms with Crippen molar-refractivity contribution in [1.82, 2.24) is 15.1 Å². The zero-order valence-electron chi connectivity index (χ0n) is 17.2. The predicted molar refractivity (Wildman–Crippen MR) is 106 cm³/mol. The molecule has 31 heavy (non-hydrogen) atoms. The van der Waals surface area contributed by atoms with Crippen molar-refractivity contribution in [2.75, 3.05) is 44.6 Å². The number of carbonyl (C=O) groups excluding carboxylic acids is 2. The van der Waals surface area contributed by atoms with Gasteiger partial charge in [0.05, 0.1) is 24.3 Å². The summed E-state index contributed by atoms with van der Waals surface area (Å²) < 4.78 is 44.1. The minimum Gasteiger partial charge on any atom is -0.388 e. The van der Waals surface area contributed by atoms with E-state index in [1.165, 1.54) is 12.1 Å². The molecule has 2 heterocycles. The molecule has 0 aromatic heterocycles. The average Bonchev–Trinajstić information content (AvgIpc) is 2.90. The molecule has 3 N–H and O–H groups in total. The van der Waals surface area contributed by atoms with Crippen molar-refractivity contribution in [3.63, 3.8) is 0 Å². The molecular weight excluding hydrogens is 417 g/mol. The highest BCUT2D eigenvalue weighted by molar-refractivity contribution is 5.89. The van der Waals surface area contributed by atoms with Gasteiger partial charge >= 0.3 is 12.2 Å². The Morgan fingerprint density at radius 1 is 1.23 bits per heavy atom. The summed E-state index contributed by atoms with van der Waals surface area (Å²) in [7, 11) is 0. The zero-order valence-corrected chi connectivity index (χ0v) is 17.2. The minimum absolute atomic E-state index is 0.00290. The van der Waals surface area contributed by atoms with Crippen LogP contribution in [0.3, 0.4) is 0 Å². The second-order valence-electron chi connectivity index (χ2n) is 7.81. The molecule has 3 amide bonds. The van der Waals surface area contributed by atoms with E-state index in [1.807, 2.05) is 0 Å². The molecule has 3 rings (SSSR count). The molecule has 8 nitrogen and oxygen atoms in total. The highest BCUT2D eigenvalue weighted by Crippen LogP contribution is 2.30. The van der Waals surface area contributed by atoms with E-state index in [-0.39, 0.29) is 18.2 Å². The number of halogens is 3. The van der Waals surface area contributed by atoms with Crippen LogP contribution >= 0.6 is 0 Å². The maximum Gasteiger partial charge on any atom is 0.416 e. The van der Waals surface area contributed by atoms with Gasteiger partial charge in [-0.2, -0.15) is 13.2 Å². The number of alkyl halides is 3. The molecule has 172 valence electrons. The number of ether oxygens (including phenoxy) is 1. The SMILES string of the molecule is CC(=O)N1CCCN(C[C@@H]2OC[C@H](NC(=O)Nc3cccc(C(F)(F)F)c3)[C@H]2O)CC1. The van der Waals surface area contributed by atoms with Crippen molar-refractivity contribution in [3.05, 3.63) is 29.8 Å². The third-order valence-electron chi connectivity index (χ3n) is 5.52. The molecule has 0 saturated carbocycles. The summed E-state index contributed by atoms with van der Waals surface area (Å²) in [6, 6.07) is 2.91. The smallest absolute Gasteiger partial charge is 0.388 e. The normalized spacial score (nSPS) is 25.2. The first-order chi connectivity index (χ1) is 14.6. The van der Waals surface area contributed by atoms with E-state index in [9.17, 15) is 27.9 Å². The minimum atomic E-state index is -4.51. The Balaban J connectivity index is 1.49. The number of aliphatic hydroxyl groups is 1. The van der Waals surface area contributed by atoms with E-state index in [1.54, 1.807) is 11.8 Å². The Labute approximate surface area is 178 Å². The second-order valence-corrected chi connectivity index (χ2v) is 7.81. The predicted octanol–water partition coefficient (Wildman–Crippen LogP) is 1.51. The van der Waals surface area contributed by atoms with Crippen molar-refractivity contribution in [2.45, 2.75) is 37.8 Å². The lowest BCUT2D eigenvalue weighted by Gasteiger charge is -2.26. The second kappa shape index (κ2) is 9.84. The van der Waals surface area contributed by atoms with Gasteiger partial charge in [0.15, 0.2) is 0 Å². The van der Waals surface area contributed by atoms with Crippen molar-refractivity contribution in [3.8, 4) is 0 Å². The van der Waals surface area contributed by atoms with Gasteiger partial charge < -0.3 is 25.4 Å². The number of anilines is 1. The summed E-state index contributed by atoms with van der Waals surface area (Å²) in [6.07, 6.45) is -5.16. The fraction of sp³-hybridized carbons (Fsp3) is 0.600. The molecule has 2 aliphatic heterocycles. The highest BCUT2D eigenvalue weighted by atomic mass is 19.4. The Kier molecular flexibility index (Phi) is 7.39. The number of urea groups is 1. The number of nitrogens with one attached hydrogen (secondary N) is 2. The van der Waals surface area contributed by atoms with Crippen LogP contribution in [0.5, 0.6) is 0 Å². The number of aliphatic hydroxyl groups excluding tert-OH is 1. The van der Waals surface area contributed by atoms with E-state index >= 15 is 0 Å². The molecule has 1 aromatic carbocycles. The van der Waals surface area contributed by atoms with Crippen LogP contribution in [0.4, 0.5) is 23.7 Å². The topological polar surface area (TPSA) is 94.1 Å². The van der Waals surface area contributed by atoms with Crippen LogP contribution in [0.25, 0.3) is 0 Å². The van der Waals surface area contributed by atoms with E-state index in [0.717, 1.165) is 25.1 Å². The number of benzene rings is 1. The standard InChI is InChI=1S/C20H27F3N4O4/c1-13(28)27-7-3-6-26(8-9-27)11-17-18(29)16(12-31-17)25-19(30)24-15-5-2-4-14(10-15)20(21,22)23/h2,4-5,10,16-18,29H,3,6-9,11-12H2,1H3,(H2,24,25,30)/t16-,17-,18+/m0/s1. The molecule has 11 heteroatoms. The molecule has 0 bridgehead atoms. The Morgan fingerprint density at radius 2 is 2.00 bits per heavy atom. The molecule has 1 aromatic rings. The van der Waals surface area contributed by atoms with Gasteiger partial charge in [0, 0.05) is 38.8 Å². The van der Waals surface area contributed by atoms with Crippen LogP contribution in [0.2, 0.25) is 0 Å². The van der Waals surface area contributed by atoms with Gasteiger partial charge in [-0.15, -0.1) is 0 Å². The number of rotatable bonds is 4. The monoisotopic (exact) mass is 444 g/mol. The molecule has 3 atom stereocenters. The van der Waals surface area contributed by atoms with E-state index in [2.05, 4.69) is 15.5 Å². The summed E-state index contributed by atoms with van der Waals surface area (Å²) >= 11 is 0. The zero-order chi connectivity index (χ0) is 22.6. The van der Waals surface area contributed by atoms with Crippen LogP contribution in [0.15, 0.2) is 24.3 Å². The maximum absolute atomic E-state index is 12.8. The third kappa shape index (κ3) is 6.31. The molecule has 0 unspecified atom stereocenters. The van der Waals surface area contributed by atoms with Gasteiger partial charge in [-0.3, -0.25) is 9.69 Å². The van der Waals surface area contributed by atoms with E-state index in [0.29, 0.717) is 26.2 Å². The lowest BCUT2D eigenvalue weighted by molar-refractivity contribution is -0.137. The van der Waals surface area contributed by atoms with Crippen molar-refractivity contribution < 1.29 is 32.6 Å². The van der Waals surface area contributed by atoms with Crippen molar-refractivity contribution in [2.24, 2.45) is 0 Å². The fourth-order valence-electron chi connectivity index (χ4n) is 3.80. The van der Waals surface area contributed by atoms with Crippen molar-refractivity contribution >= 4 is 17.6 Å². The number of amides is 3. The summed E-state index contributed by atoms with van der Waals surface area (Å²) in [6.45, 7) is 4.83. The van der Waals surface area contributed by atoms with Gasteiger partial charge in [-0.05, 0) is 31.2 Å². The number of hydrogen-bond acceptors (Lipinski definition) is 5. The third-order valence-corrected chi connectivity index (χ3v) is 5.52. The first-order valence-corrected chi connectivity index (χ1v) is 10.2. The summed E-state index contributed by atoms with van der Waals surface area (Å²) in [5.74, 6) is 0.0371. The molecular formula is C20H27F3N4O4. The lowest BCUT2D eigenvalue weighted by Crippen LogP contribution is -2.48. The average molecular weight is 444 g/mol. The Bertz CT molecular complexity index is 792. The summed E-state index contributed by atoms with van der Waals surface area (Å²) in [5, 5.41) is 15.5. The lowest BCUT2D eigenvalue weighted by atomic mass is 10.1. The van der Waals surface area contributed by atoms with Gasteiger partial charge in [0.2, 0.25) is 5.91 Å². The maximum atomic E-state index is 12.8. The number of carbonyl (C=O) groups is 2. The molecule has 2 fully saturated rings. The van der Waals surface area contributed by atoms with Crippen LogP contribution in [-0.4, -0.2) is 84.4 Å².